The van der Waals surface area contributed by atoms with Gasteiger partial charge in [0, 0.05) is 31.9 Å². The van der Waals surface area contributed by atoms with E-state index in [9.17, 15) is 9.90 Å². The number of benzene rings is 1. The Morgan fingerprint density at radius 1 is 1.41 bits per heavy atom. The lowest BCUT2D eigenvalue weighted by Gasteiger charge is -2.24. The maximum atomic E-state index is 12.4. The van der Waals surface area contributed by atoms with Crippen molar-refractivity contribution in [3.8, 4) is 0 Å². The van der Waals surface area contributed by atoms with Crippen LogP contribution in [0, 0.1) is 0 Å². The van der Waals surface area contributed by atoms with E-state index in [1.54, 1.807) is 15.8 Å². The molecule has 0 fully saturated rings. The van der Waals surface area contributed by atoms with Crippen LogP contribution >= 0.6 is 0 Å². The molecule has 2 rings (SSSR count). The van der Waals surface area contributed by atoms with Gasteiger partial charge in [-0.05, 0) is 12.5 Å². The number of aryl methyl sites for hydroxylation is 1. The number of hydrogen-bond acceptors (Lipinski definition) is 3. The summed E-state index contributed by atoms with van der Waals surface area (Å²) >= 11 is 0. The second-order valence-corrected chi connectivity index (χ2v) is 5.25. The molecular formula is C16H22N4O2. The van der Waals surface area contributed by atoms with Gasteiger partial charge in [-0.15, -0.1) is 0 Å². The van der Waals surface area contributed by atoms with Crippen molar-refractivity contribution in [2.75, 3.05) is 13.2 Å². The molecule has 118 valence electrons. The van der Waals surface area contributed by atoms with Gasteiger partial charge in [0.1, 0.15) is 0 Å². The molecule has 0 saturated heterocycles. The Morgan fingerprint density at radius 2 is 2.14 bits per heavy atom. The van der Waals surface area contributed by atoms with Crippen molar-refractivity contribution in [2.45, 2.75) is 19.5 Å². The zero-order valence-corrected chi connectivity index (χ0v) is 12.9. The van der Waals surface area contributed by atoms with E-state index in [4.69, 9.17) is 0 Å². The Balaban J connectivity index is 2.00. The number of carbonyl (C=O) groups is 1. The molecule has 0 saturated carbocycles. The molecule has 1 aromatic heterocycles. The summed E-state index contributed by atoms with van der Waals surface area (Å²) in [6.07, 6.45) is 3.61. The Hall–Kier alpha value is -2.34. The van der Waals surface area contributed by atoms with E-state index >= 15 is 0 Å². The summed E-state index contributed by atoms with van der Waals surface area (Å²) in [5, 5.41) is 16.2. The number of aliphatic hydroxyl groups is 1. The van der Waals surface area contributed by atoms with Gasteiger partial charge in [0.25, 0.3) is 0 Å². The standard InChI is InChI=1S/C16H22N4O2/c1-13(15-10-17-19(2)12-15)18-16(22)20(8-9-21)11-14-6-4-3-5-7-14/h3-7,10,12-13,21H,8-9,11H2,1-2H3,(H,18,22). The second-order valence-electron chi connectivity index (χ2n) is 5.25. The maximum Gasteiger partial charge on any atom is 0.318 e. The summed E-state index contributed by atoms with van der Waals surface area (Å²) in [7, 11) is 1.84. The molecule has 22 heavy (non-hydrogen) atoms. The number of aliphatic hydroxyl groups excluding tert-OH is 1. The fourth-order valence-corrected chi connectivity index (χ4v) is 2.20. The molecular weight excluding hydrogens is 280 g/mol. The highest BCUT2D eigenvalue weighted by Crippen LogP contribution is 2.12. The highest BCUT2D eigenvalue weighted by Gasteiger charge is 2.17. The zero-order chi connectivity index (χ0) is 15.9. The molecule has 0 aliphatic heterocycles. The molecule has 0 aliphatic rings. The van der Waals surface area contributed by atoms with Gasteiger partial charge in [-0.3, -0.25) is 4.68 Å². The van der Waals surface area contributed by atoms with Crippen molar-refractivity contribution in [3.63, 3.8) is 0 Å². The number of carbonyl (C=O) groups excluding carboxylic acids is 1. The van der Waals surface area contributed by atoms with Crippen molar-refractivity contribution in [2.24, 2.45) is 7.05 Å². The Labute approximate surface area is 130 Å². The molecule has 1 aromatic carbocycles. The summed E-state index contributed by atoms with van der Waals surface area (Å²) in [5.41, 5.74) is 1.97. The Kier molecular flexibility index (Phi) is 5.55. The normalized spacial score (nSPS) is 12.0. The monoisotopic (exact) mass is 302 g/mol. The number of nitrogens with zero attached hydrogens (tertiary/aromatic N) is 3. The van der Waals surface area contributed by atoms with Gasteiger partial charge in [-0.1, -0.05) is 30.3 Å². The number of hydrogen-bond donors (Lipinski definition) is 2. The van der Waals surface area contributed by atoms with Crippen LogP contribution in [0.3, 0.4) is 0 Å². The second kappa shape index (κ2) is 7.61. The van der Waals surface area contributed by atoms with Gasteiger partial charge in [0.2, 0.25) is 0 Å². The predicted molar refractivity (Wildman–Crippen MR) is 84.1 cm³/mol. The quantitative estimate of drug-likeness (QED) is 0.853. The zero-order valence-electron chi connectivity index (χ0n) is 12.9. The highest BCUT2D eigenvalue weighted by atomic mass is 16.3. The van der Waals surface area contributed by atoms with Gasteiger partial charge in [-0.2, -0.15) is 5.10 Å². The van der Waals surface area contributed by atoms with E-state index in [2.05, 4.69) is 10.4 Å². The average molecular weight is 302 g/mol. The van der Waals surface area contributed by atoms with Gasteiger partial charge in [0.05, 0.1) is 18.8 Å². The Morgan fingerprint density at radius 3 is 2.73 bits per heavy atom. The number of amides is 2. The minimum absolute atomic E-state index is 0.0679. The molecule has 6 nitrogen and oxygen atoms in total. The first-order valence-electron chi connectivity index (χ1n) is 7.29. The fraction of sp³-hybridized carbons (Fsp3) is 0.375. The molecule has 2 N–H and O–H groups in total. The molecule has 1 atom stereocenters. The van der Waals surface area contributed by atoms with Crippen LogP contribution in [0.15, 0.2) is 42.7 Å². The number of rotatable bonds is 6. The van der Waals surface area contributed by atoms with Crippen LogP contribution in [0.4, 0.5) is 4.79 Å². The lowest BCUT2D eigenvalue weighted by molar-refractivity contribution is 0.171. The molecule has 0 aliphatic carbocycles. The highest BCUT2D eigenvalue weighted by molar-refractivity contribution is 5.74. The van der Waals surface area contributed by atoms with Gasteiger partial charge in [-0.25, -0.2) is 4.79 Å². The van der Waals surface area contributed by atoms with Gasteiger partial charge >= 0.3 is 6.03 Å². The van der Waals surface area contributed by atoms with Crippen molar-refractivity contribution in [1.29, 1.82) is 0 Å². The summed E-state index contributed by atoms with van der Waals surface area (Å²) in [4.78, 5) is 14.0. The lowest BCUT2D eigenvalue weighted by Crippen LogP contribution is -2.42. The van der Waals surface area contributed by atoms with Crippen molar-refractivity contribution >= 4 is 6.03 Å². The molecule has 2 amide bonds. The molecule has 1 unspecified atom stereocenters. The third-order valence-electron chi connectivity index (χ3n) is 3.44. The summed E-state index contributed by atoms with van der Waals surface area (Å²) in [6.45, 7) is 2.60. The number of nitrogens with one attached hydrogen (secondary N) is 1. The first-order chi connectivity index (χ1) is 10.6. The van der Waals surface area contributed by atoms with Crippen LogP contribution in [0.25, 0.3) is 0 Å². The summed E-state index contributed by atoms with van der Waals surface area (Å²) < 4.78 is 1.70. The third-order valence-corrected chi connectivity index (χ3v) is 3.44. The smallest absolute Gasteiger partial charge is 0.318 e. The maximum absolute atomic E-state index is 12.4. The van der Waals surface area contributed by atoms with E-state index in [-0.39, 0.29) is 18.7 Å². The van der Waals surface area contributed by atoms with E-state index in [0.29, 0.717) is 13.1 Å². The number of urea groups is 1. The molecule has 6 heteroatoms. The molecule has 2 aromatic rings. The van der Waals surface area contributed by atoms with E-state index in [1.807, 2.05) is 50.5 Å². The van der Waals surface area contributed by atoms with Crippen LogP contribution in [0.5, 0.6) is 0 Å². The van der Waals surface area contributed by atoms with Gasteiger partial charge < -0.3 is 15.3 Å². The Bertz CT molecular complexity index is 597. The van der Waals surface area contributed by atoms with E-state index in [1.165, 1.54) is 0 Å². The lowest BCUT2D eigenvalue weighted by atomic mass is 10.2. The largest absolute Gasteiger partial charge is 0.395 e. The summed E-state index contributed by atoms with van der Waals surface area (Å²) in [6, 6.07) is 9.38. The van der Waals surface area contributed by atoms with Crippen LogP contribution in [0.2, 0.25) is 0 Å². The number of aromatic nitrogens is 2. The molecule has 0 spiro atoms. The SMILES string of the molecule is CC(NC(=O)N(CCO)Cc1ccccc1)c1cnn(C)c1. The van der Waals surface area contributed by atoms with Crippen molar-refractivity contribution in [1.82, 2.24) is 20.0 Å². The van der Waals surface area contributed by atoms with Crippen molar-refractivity contribution in [3.05, 3.63) is 53.9 Å². The molecule has 0 bridgehead atoms. The minimum atomic E-state index is -0.200. The van der Waals surface area contributed by atoms with Gasteiger partial charge in [0.15, 0.2) is 0 Å². The van der Waals surface area contributed by atoms with Crippen LogP contribution < -0.4 is 5.32 Å². The van der Waals surface area contributed by atoms with E-state index in [0.717, 1.165) is 11.1 Å². The van der Waals surface area contributed by atoms with Crippen LogP contribution in [-0.2, 0) is 13.6 Å². The van der Waals surface area contributed by atoms with E-state index < -0.39 is 0 Å². The fourth-order valence-electron chi connectivity index (χ4n) is 2.20. The topological polar surface area (TPSA) is 70.4 Å². The predicted octanol–water partition coefficient (Wildman–Crippen LogP) is 1.69. The molecule has 0 radical (unpaired) electrons. The van der Waals surface area contributed by atoms with Crippen LogP contribution in [0.1, 0.15) is 24.1 Å². The van der Waals surface area contributed by atoms with Crippen LogP contribution in [-0.4, -0.2) is 39.0 Å². The first kappa shape index (κ1) is 16.0. The molecule has 1 heterocycles. The van der Waals surface area contributed by atoms with Crippen molar-refractivity contribution < 1.29 is 9.90 Å². The average Bonchev–Trinajstić information content (AvgIpc) is 2.94. The first-order valence-corrected chi connectivity index (χ1v) is 7.29. The summed E-state index contributed by atoms with van der Waals surface area (Å²) in [5.74, 6) is 0. The third kappa shape index (κ3) is 4.33. The minimum Gasteiger partial charge on any atom is -0.395 e.